The highest BCUT2D eigenvalue weighted by Gasteiger charge is 2.15. The minimum absolute atomic E-state index is 0.0404. The van der Waals surface area contributed by atoms with Crippen molar-refractivity contribution in [3.63, 3.8) is 0 Å². The number of hydrogen-bond acceptors (Lipinski definition) is 3. The van der Waals surface area contributed by atoms with Crippen molar-refractivity contribution in [3.05, 3.63) is 35.4 Å². The lowest BCUT2D eigenvalue weighted by molar-refractivity contribution is -0.138. The Morgan fingerprint density at radius 1 is 1.26 bits per heavy atom. The first-order chi connectivity index (χ1) is 8.97. The molecule has 3 nitrogen and oxygen atoms in total. The second kappa shape index (κ2) is 6.87. The minimum atomic E-state index is -2.91. The van der Waals surface area contributed by atoms with Gasteiger partial charge in [-0.05, 0) is 32.4 Å². The van der Waals surface area contributed by atoms with E-state index in [4.69, 9.17) is 4.74 Å². The monoisotopic (exact) mass is 270 g/mol. The molecule has 0 spiro atoms. The van der Waals surface area contributed by atoms with Gasteiger partial charge in [0.05, 0.1) is 6.61 Å². The summed E-state index contributed by atoms with van der Waals surface area (Å²) in [5, 5.41) is 0. The first-order valence-corrected chi connectivity index (χ1v) is 5.86. The lowest BCUT2D eigenvalue weighted by atomic mass is 10.0. The molecule has 1 aromatic carbocycles. The second-order valence-electron chi connectivity index (χ2n) is 3.85. The van der Waals surface area contributed by atoms with Crippen molar-refractivity contribution in [2.75, 3.05) is 6.61 Å². The van der Waals surface area contributed by atoms with Crippen LogP contribution in [0.5, 0.6) is 5.75 Å². The van der Waals surface area contributed by atoms with Gasteiger partial charge in [0.25, 0.3) is 0 Å². The van der Waals surface area contributed by atoms with Crippen LogP contribution in [0, 0.1) is 0 Å². The lowest BCUT2D eigenvalue weighted by Gasteiger charge is -2.13. The van der Waals surface area contributed by atoms with Crippen LogP contribution in [-0.2, 0) is 9.53 Å². The molecule has 104 valence electrons. The number of ether oxygens (including phenoxy) is 2. The quantitative estimate of drug-likeness (QED) is 0.605. The van der Waals surface area contributed by atoms with Crippen molar-refractivity contribution in [1.82, 2.24) is 0 Å². The van der Waals surface area contributed by atoms with Gasteiger partial charge in [0.15, 0.2) is 0 Å². The molecule has 1 aromatic rings. The lowest BCUT2D eigenvalue weighted by Crippen LogP contribution is -2.08. The summed E-state index contributed by atoms with van der Waals surface area (Å²) in [6.45, 7) is 2.32. The van der Waals surface area contributed by atoms with E-state index in [1.54, 1.807) is 39.0 Å². The maximum atomic E-state index is 12.3. The van der Waals surface area contributed by atoms with Gasteiger partial charge in [0.2, 0.25) is 0 Å². The zero-order chi connectivity index (χ0) is 14.4. The number of benzene rings is 1. The molecule has 0 saturated carbocycles. The molecule has 0 radical (unpaired) electrons. The zero-order valence-electron chi connectivity index (χ0n) is 11.1. The fourth-order valence-corrected chi connectivity index (χ4v) is 1.57. The molecule has 0 saturated heterocycles. The third kappa shape index (κ3) is 4.05. The molecule has 5 heteroatoms. The summed E-state index contributed by atoms with van der Waals surface area (Å²) in [6.07, 6.45) is 0. The van der Waals surface area contributed by atoms with Gasteiger partial charge in [-0.25, -0.2) is 4.79 Å². The van der Waals surface area contributed by atoms with Gasteiger partial charge in [0, 0.05) is 11.1 Å². The molecule has 19 heavy (non-hydrogen) atoms. The van der Waals surface area contributed by atoms with E-state index in [1.165, 1.54) is 6.07 Å². The van der Waals surface area contributed by atoms with E-state index in [2.05, 4.69) is 4.74 Å². The Balaban J connectivity index is 3.14. The van der Waals surface area contributed by atoms with Gasteiger partial charge >= 0.3 is 12.6 Å². The number of hydrogen-bond donors (Lipinski definition) is 0. The smallest absolute Gasteiger partial charge is 0.387 e. The number of carbonyl (C=O) groups is 1. The number of carbonyl (C=O) groups excluding carboxylic acids is 1. The van der Waals surface area contributed by atoms with Gasteiger partial charge in [-0.2, -0.15) is 8.78 Å². The fourth-order valence-electron chi connectivity index (χ4n) is 1.57. The average Bonchev–Trinajstić information content (AvgIpc) is 2.37. The van der Waals surface area contributed by atoms with Gasteiger partial charge < -0.3 is 9.47 Å². The Kier molecular flexibility index (Phi) is 5.48. The maximum Gasteiger partial charge on any atom is 0.387 e. The van der Waals surface area contributed by atoms with E-state index < -0.39 is 12.6 Å². The van der Waals surface area contributed by atoms with Crippen molar-refractivity contribution < 1.29 is 23.0 Å². The Labute approximate surface area is 110 Å². The number of halogens is 2. The standard InChI is InChI=1S/C14H16F2O3/c1-4-18-13(17)10(3)9(2)11-7-5-6-8-12(11)19-14(15)16/h5-8,14H,4H2,1-3H3/b10-9-. The third-order valence-corrected chi connectivity index (χ3v) is 2.65. The zero-order valence-corrected chi connectivity index (χ0v) is 11.1. The molecule has 0 aliphatic rings. The van der Waals surface area contributed by atoms with Crippen LogP contribution < -0.4 is 4.74 Å². The summed E-state index contributed by atoms with van der Waals surface area (Å²) < 4.78 is 33.9. The predicted octanol–water partition coefficient (Wildman–Crippen LogP) is 3.64. The Bertz CT molecular complexity index is 481. The Morgan fingerprint density at radius 2 is 1.89 bits per heavy atom. The Morgan fingerprint density at radius 3 is 2.47 bits per heavy atom. The van der Waals surface area contributed by atoms with E-state index >= 15 is 0 Å². The molecule has 0 fully saturated rings. The van der Waals surface area contributed by atoms with Crippen LogP contribution in [0.1, 0.15) is 26.3 Å². The molecule has 0 aliphatic heterocycles. The first-order valence-electron chi connectivity index (χ1n) is 5.86. The van der Waals surface area contributed by atoms with Gasteiger partial charge in [-0.1, -0.05) is 18.2 Å². The van der Waals surface area contributed by atoms with Crippen LogP contribution in [0.2, 0.25) is 0 Å². The predicted molar refractivity (Wildman–Crippen MR) is 68.0 cm³/mol. The SMILES string of the molecule is CCOC(=O)/C(C)=C(/C)c1ccccc1OC(F)F. The number of rotatable bonds is 5. The molecule has 0 atom stereocenters. The summed E-state index contributed by atoms with van der Waals surface area (Å²) in [6, 6.07) is 6.34. The van der Waals surface area contributed by atoms with Crippen LogP contribution in [0.25, 0.3) is 5.57 Å². The fraction of sp³-hybridized carbons (Fsp3) is 0.357. The molecule has 0 amide bonds. The highest BCUT2D eigenvalue weighted by Crippen LogP contribution is 2.29. The van der Waals surface area contributed by atoms with Crippen molar-refractivity contribution in [1.29, 1.82) is 0 Å². The number of esters is 1. The van der Waals surface area contributed by atoms with E-state index in [-0.39, 0.29) is 12.4 Å². The molecule has 0 aliphatic carbocycles. The highest BCUT2D eigenvalue weighted by atomic mass is 19.3. The van der Waals surface area contributed by atoms with Gasteiger partial charge in [-0.15, -0.1) is 0 Å². The van der Waals surface area contributed by atoms with Crippen molar-refractivity contribution in [2.45, 2.75) is 27.4 Å². The molecule has 1 rings (SSSR count). The summed E-state index contributed by atoms with van der Waals surface area (Å²) in [5.74, 6) is -0.425. The minimum Gasteiger partial charge on any atom is -0.463 e. The van der Waals surface area contributed by atoms with E-state index in [1.807, 2.05) is 0 Å². The topological polar surface area (TPSA) is 35.5 Å². The molecule has 0 bridgehead atoms. The first kappa shape index (κ1) is 15.1. The summed E-state index contributed by atoms with van der Waals surface area (Å²) in [4.78, 5) is 11.6. The van der Waals surface area contributed by atoms with Crippen molar-refractivity contribution in [3.8, 4) is 5.75 Å². The average molecular weight is 270 g/mol. The molecule has 0 heterocycles. The number of para-hydroxylation sites is 1. The third-order valence-electron chi connectivity index (χ3n) is 2.65. The number of allylic oxidation sites excluding steroid dienone is 1. The van der Waals surface area contributed by atoms with Gasteiger partial charge in [0.1, 0.15) is 5.75 Å². The normalized spacial score (nSPS) is 12.1. The van der Waals surface area contributed by atoms with Crippen LogP contribution >= 0.6 is 0 Å². The molecule has 0 unspecified atom stereocenters. The van der Waals surface area contributed by atoms with Crippen molar-refractivity contribution >= 4 is 11.5 Å². The summed E-state index contributed by atoms with van der Waals surface area (Å²) in [5.41, 5.74) is 1.37. The summed E-state index contributed by atoms with van der Waals surface area (Å²) >= 11 is 0. The summed E-state index contributed by atoms with van der Waals surface area (Å²) in [7, 11) is 0. The highest BCUT2D eigenvalue weighted by molar-refractivity contribution is 5.97. The van der Waals surface area contributed by atoms with Crippen LogP contribution in [-0.4, -0.2) is 19.2 Å². The molecular weight excluding hydrogens is 254 g/mol. The molecular formula is C14H16F2O3. The molecule has 0 N–H and O–H groups in total. The molecule has 0 aromatic heterocycles. The van der Waals surface area contributed by atoms with Crippen LogP contribution in [0.15, 0.2) is 29.8 Å². The Hall–Kier alpha value is -1.91. The van der Waals surface area contributed by atoms with E-state index in [9.17, 15) is 13.6 Å². The van der Waals surface area contributed by atoms with Crippen LogP contribution in [0.4, 0.5) is 8.78 Å². The maximum absolute atomic E-state index is 12.3. The number of alkyl halides is 2. The van der Waals surface area contributed by atoms with Gasteiger partial charge in [-0.3, -0.25) is 0 Å². The van der Waals surface area contributed by atoms with Crippen molar-refractivity contribution in [2.24, 2.45) is 0 Å². The van der Waals surface area contributed by atoms with Crippen LogP contribution in [0.3, 0.4) is 0 Å². The van der Waals surface area contributed by atoms with E-state index in [0.717, 1.165) is 0 Å². The van der Waals surface area contributed by atoms with E-state index in [0.29, 0.717) is 16.7 Å². The second-order valence-corrected chi connectivity index (χ2v) is 3.85. The largest absolute Gasteiger partial charge is 0.463 e.